The van der Waals surface area contributed by atoms with Gasteiger partial charge in [-0.3, -0.25) is 5.43 Å². The molecule has 2 heterocycles. The van der Waals surface area contributed by atoms with E-state index in [2.05, 4.69) is 20.7 Å². The van der Waals surface area contributed by atoms with Crippen LogP contribution < -0.4 is 10.7 Å². The highest BCUT2D eigenvalue weighted by Gasteiger charge is 2.21. The van der Waals surface area contributed by atoms with Gasteiger partial charge >= 0.3 is 0 Å². The Morgan fingerprint density at radius 1 is 1.06 bits per heavy atom. The summed E-state index contributed by atoms with van der Waals surface area (Å²) in [5.41, 5.74) is 3.24. The minimum atomic E-state index is 0.924. The van der Waals surface area contributed by atoms with Crippen molar-refractivity contribution in [2.24, 2.45) is 5.92 Å². The standard InChI is InChI=1S/C11H24N4.C2H6/c1-12-15-6-2-11(3-7-15)10-14-8-4-13-5-9-14;1-2/h11-13H,2-10H2,1H3;1-2H3. The van der Waals surface area contributed by atoms with Crippen LogP contribution in [0, 0.1) is 5.92 Å². The van der Waals surface area contributed by atoms with Crippen LogP contribution in [-0.2, 0) is 0 Å². The first-order valence-corrected chi connectivity index (χ1v) is 7.24. The smallest absolute Gasteiger partial charge is 0.0134 e. The average molecular weight is 242 g/mol. The van der Waals surface area contributed by atoms with Gasteiger partial charge < -0.3 is 10.2 Å². The first-order chi connectivity index (χ1) is 8.38. The SMILES string of the molecule is CC.CNN1CCC(CN2CCNCC2)CC1. The number of hydrazine groups is 1. The van der Waals surface area contributed by atoms with Gasteiger partial charge in [-0.15, -0.1) is 0 Å². The Kier molecular flexibility index (Phi) is 7.77. The highest BCUT2D eigenvalue weighted by Crippen LogP contribution is 2.17. The lowest BCUT2D eigenvalue weighted by Crippen LogP contribution is -2.48. The number of nitrogens with zero attached hydrogens (tertiary/aromatic N) is 2. The molecule has 0 aromatic carbocycles. The van der Waals surface area contributed by atoms with E-state index in [0.717, 1.165) is 5.92 Å². The number of piperazine rings is 1. The lowest BCUT2D eigenvalue weighted by molar-refractivity contribution is 0.108. The van der Waals surface area contributed by atoms with Gasteiger partial charge in [0, 0.05) is 45.8 Å². The summed E-state index contributed by atoms with van der Waals surface area (Å²) >= 11 is 0. The maximum Gasteiger partial charge on any atom is 0.0134 e. The third kappa shape index (κ3) is 5.34. The fraction of sp³-hybridized carbons (Fsp3) is 1.00. The Balaban J connectivity index is 0.000000686. The molecule has 2 rings (SSSR count). The zero-order valence-electron chi connectivity index (χ0n) is 11.8. The maximum atomic E-state index is 3.41. The van der Waals surface area contributed by atoms with Gasteiger partial charge in [-0.05, 0) is 25.8 Å². The summed E-state index contributed by atoms with van der Waals surface area (Å²) < 4.78 is 0. The van der Waals surface area contributed by atoms with Crippen LogP contribution in [0.2, 0.25) is 0 Å². The quantitative estimate of drug-likeness (QED) is 0.765. The molecule has 0 aromatic rings. The first kappa shape index (κ1) is 14.9. The van der Waals surface area contributed by atoms with Gasteiger partial charge in [0.25, 0.3) is 0 Å². The summed E-state index contributed by atoms with van der Waals surface area (Å²) in [7, 11) is 2.02. The lowest BCUT2D eigenvalue weighted by atomic mass is 9.97. The maximum absolute atomic E-state index is 3.41. The molecule has 2 N–H and O–H groups in total. The molecule has 2 aliphatic rings. The summed E-state index contributed by atoms with van der Waals surface area (Å²) in [6.45, 7) is 12.6. The Morgan fingerprint density at radius 2 is 1.65 bits per heavy atom. The van der Waals surface area contributed by atoms with E-state index >= 15 is 0 Å². The number of piperidine rings is 1. The second-order valence-electron chi connectivity index (χ2n) is 4.70. The molecule has 2 fully saturated rings. The molecule has 0 radical (unpaired) electrons. The minimum absolute atomic E-state index is 0.924. The molecule has 0 aliphatic carbocycles. The number of nitrogens with one attached hydrogen (secondary N) is 2. The summed E-state index contributed by atoms with van der Waals surface area (Å²) in [4.78, 5) is 2.62. The van der Waals surface area contributed by atoms with Gasteiger partial charge in [0.1, 0.15) is 0 Å². The molecule has 17 heavy (non-hydrogen) atoms. The Hall–Kier alpha value is -0.160. The molecule has 0 aromatic heterocycles. The monoisotopic (exact) mass is 242 g/mol. The first-order valence-electron chi connectivity index (χ1n) is 7.24. The third-order valence-electron chi connectivity index (χ3n) is 3.66. The molecule has 0 saturated carbocycles. The summed E-state index contributed by atoms with van der Waals surface area (Å²) in [5, 5.41) is 5.74. The highest BCUT2D eigenvalue weighted by atomic mass is 15.5. The number of rotatable bonds is 3. The fourth-order valence-electron chi connectivity index (χ4n) is 2.60. The second-order valence-corrected chi connectivity index (χ2v) is 4.70. The van der Waals surface area contributed by atoms with E-state index in [-0.39, 0.29) is 0 Å². The van der Waals surface area contributed by atoms with Crippen molar-refractivity contribution in [3.05, 3.63) is 0 Å². The van der Waals surface area contributed by atoms with Crippen molar-refractivity contribution in [3.63, 3.8) is 0 Å². The molecule has 0 spiro atoms. The van der Waals surface area contributed by atoms with Crippen LogP contribution in [0.15, 0.2) is 0 Å². The Labute approximate surface area is 107 Å². The van der Waals surface area contributed by atoms with Crippen LogP contribution >= 0.6 is 0 Å². The molecular weight excluding hydrogens is 212 g/mol. The van der Waals surface area contributed by atoms with E-state index < -0.39 is 0 Å². The van der Waals surface area contributed by atoms with Crippen molar-refractivity contribution in [2.45, 2.75) is 26.7 Å². The van der Waals surface area contributed by atoms with Crippen molar-refractivity contribution in [2.75, 3.05) is 52.9 Å². The van der Waals surface area contributed by atoms with Crippen LogP contribution in [-0.4, -0.2) is 62.8 Å². The molecule has 2 saturated heterocycles. The van der Waals surface area contributed by atoms with Gasteiger partial charge in [-0.1, -0.05) is 13.8 Å². The van der Waals surface area contributed by atoms with E-state index in [1.165, 1.54) is 58.7 Å². The molecule has 4 heteroatoms. The summed E-state index contributed by atoms with van der Waals surface area (Å²) in [6.07, 6.45) is 2.70. The topological polar surface area (TPSA) is 30.5 Å². The van der Waals surface area contributed by atoms with Gasteiger partial charge in [-0.2, -0.15) is 0 Å². The molecule has 2 aliphatic heterocycles. The second kappa shape index (κ2) is 8.86. The van der Waals surface area contributed by atoms with Gasteiger partial charge in [-0.25, -0.2) is 5.01 Å². The molecule has 0 amide bonds. The van der Waals surface area contributed by atoms with Gasteiger partial charge in [0.05, 0.1) is 0 Å². The molecule has 4 nitrogen and oxygen atoms in total. The van der Waals surface area contributed by atoms with Crippen LogP contribution in [0.1, 0.15) is 26.7 Å². The van der Waals surface area contributed by atoms with E-state index in [1.54, 1.807) is 0 Å². The van der Waals surface area contributed by atoms with Crippen LogP contribution in [0.5, 0.6) is 0 Å². The summed E-state index contributed by atoms with van der Waals surface area (Å²) in [5.74, 6) is 0.924. The van der Waals surface area contributed by atoms with Crippen molar-refractivity contribution < 1.29 is 0 Å². The zero-order valence-corrected chi connectivity index (χ0v) is 11.8. The third-order valence-corrected chi connectivity index (χ3v) is 3.66. The van der Waals surface area contributed by atoms with Gasteiger partial charge in [0.15, 0.2) is 0 Å². The number of hydrogen-bond donors (Lipinski definition) is 2. The van der Waals surface area contributed by atoms with Crippen molar-refractivity contribution in [1.82, 2.24) is 20.7 Å². The molecule has 102 valence electrons. The van der Waals surface area contributed by atoms with E-state index in [1.807, 2.05) is 20.9 Å². The predicted molar refractivity (Wildman–Crippen MR) is 74.0 cm³/mol. The average Bonchev–Trinajstić information content (AvgIpc) is 2.43. The van der Waals surface area contributed by atoms with Crippen molar-refractivity contribution >= 4 is 0 Å². The highest BCUT2D eigenvalue weighted by molar-refractivity contribution is 4.75. The normalized spacial score (nSPS) is 24.2. The lowest BCUT2D eigenvalue weighted by Gasteiger charge is -2.35. The Bertz CT molecular complexity index is 172. The predicted octanol–water partition coefficient (Wildman–Crippen LogP) is 0.764. The van der Waals surface area contributed by atoms with Crippen LogP contribution in [0.4, 0.5) is 0 Å². The Morgan fingerprint density at radius 3 is 2.18 bits per heavy atom. The van der Waals surface area contributed by atoms with E-state index in [9.17, 15) is 0 Å². The van der Waals surface area contributed by atoms with Gasteiger partial charge in [0.2, 0.25) is 0 Å². The molecule has 0 bridgehead atoms. The van der Waals surface area contributed by atoms with Crippen LogP contribution in [0.3, 0.4) is 0 Å². The van der Waals surface area contributed by atoms with Crippen molar-refractivity contribution in [1.29, 1.82) is 0 Å². The molecular formula is C13H30N4. The minimum Gasteiger partial charge on any atom is -0.314 e. The molecule has 0 unspecified atom stereocenters. The van der Waals surface area contributed by atoms with E-state index in [0.29, 0.717) is 0 Å². The molecule has 0 atom stereocenters. The zero-order chi connectivity index (χ0) is 12.5. The number of hydrogen-bond acceptors (Lipinski definition) is 4. The van der Waals surface area contributed by atoms with Crippen LogP contribution in [0.25, 0.3) is 0 Å². The van der Waals surface area contributed by atoms with Crippen molar-refractivity contribution in [3.8, 4) is 0 Å². The van der Waals surface area contributed by atoms with E-state index in [4.69, 9.17) is 0 Å². The largest absolute Gasteiger partial charge is 0.314 e. The fourth-order valence-corrected chi connectivity index (χ4v) is 2.60. The summed E-state index contributed by atoms with van der Waals surface area (Å²) in [6, 6.07) is 0.